The molecule has 0 radical (unpaired) electrons. The van der Waals surface area contributed by atoms with E-state index in [0.29, 0.717) is 17.0 Å². The minimum absolute atomic E-state index is 0.0196. The van der Waals surface area contributed by atoms with Crippen molar-refractivity contribution in [3.63, 3.8) is 0 Å². The van der Waals surface area contributed by atoms with Crippen LogP contribution in [0.1, 0.15) is 30.4 Å². The molecule has 3 unspecified atom stereocenters. The van der Waals surface area contributed by atoms with Crippen LogP contribution < -0.4 is 10.5 Å². The van der Waals surface area contributed by atoms with Crippen molar-refractivity contribution < 1.29 is 13.2 Å². The van der Waals surface area contributed by atoms with Crippen LogP contribution in [0.2, 0.25) is 0 Å². The molecule has 7 heteroatoms. The minimum Gasteiger partial charge on any atom is -0.373 e. The number of ether oxygens (including phenoxy) is 1. The summed E-state index contributed by atoms with van der Waals surface area (Å²) >= 11 is 3.40. The summed E-state index contributed by atoms with van der Waals surface area (Å²) in [4.78, 5) is 0.292. The third kappa shape index (κ3) is 2.90. The van der Waals surface area contributed by atoms with Crippen molar-refractivity contribution >= 4 is 26.0 Å². The number of hydrogen-bond acceptors (Lipinski definition) is 4. The van der Waals surface area contributed by atoms with Gasteiger partial charge in [0.15, 0.2) is 0 Å². The Morgan fingerprint density at radius 1 is 1.43 bits per heavy atom. The zero-order valence-corrected chi connectivity index (χ0v) is 14.2. The van der Waals surface area contributed by atoms with Gasteiger partial charge in [-0.2, -0.15) is 0 Å². The van der Waals surface area contributed by atoms with Gasteiger partial charge >= 0.3 is 0 Å². The summed E-state index contributed by atoms with van der Waals surface area (Å²) in [5.74, 6) is 0. The SMILES string of the molecule is Cc1c(Br)cc(CN)cc1S(=O)(=O)NC1CC2CCC1O2. The predicted molar refractivity (Wildman–Crippen MR) is 83.4 cm³/mol. The fraction of sp³-hybridized carbons (Fsp3) is 0.571. The summed E-state index contributed by atoms with van der Waals surface area (Å²) < 4.78 is 34.6. The largest absolute Gasteiger partial charge is 0.373 e. The molecule has 3 atom stereocenters. The molecule has 0 saturated carbocycles. The standard InChI is InChI=1S/C14H19BrN2O3S/c1-8-11(15)4-9(7-16)5-14(8)21(18,19)17-12-6-10-2-3-13(12)20-10/h4-5,10,12-13,17H,2-3,6-7,16H2,1H3. The van der Waals surface area contributed by atoms with E-state index in [-0.39, 0.29) is 18.2 Å². The van der Waals surface area contributed by atoms with E-state index < -0.39 is 10.0 Å². The van der Waals surface area contributed by atoms with Gasteiger partial charge in [-0.1, -0.05) is 15.9 Å². The van der Waals surface area contributed by atoms with E-state index in [1.165, 1.54) is 0 Å². The summed E-state index contributed by atoms with van der Waals surface area (Å²) in [6.07, 6.45) is 2.97. The monoisotopic (exact) mass is 374 g/mol. The van der Waals surface area contributed by atoms with E-state index in [1.807, 2.05) is 6.07 Å². The molecule has 2 aliphatic heterocycles. The van der Waals surface area contributed by atoms with Gasteiger partial charge in [0, 0.05) is 11.0 Å². The van der Waals surface area contributed by atoms with Gasteiger partial charge in [0.1, 0.15) is 0 Å². The molecule has 116 valence electrons. The van der Waals surface area contributed by atoms with Crippen molar-refractivity contribution in [2.24, 2.45) is 5.73 Å². The normalized spacial score (nSPS) is 28.2. The highest BCUT2D eigenvalue weighted by molar-refractivity contribution is 9.10. The van der Waals surface area contributed by atoms with Crippen LogP contribution in [0.3, 0.4) is 0 Å². The van der Waals surface area contributed by atoms with Gasteiger partial charge in [0.25, 0.3) is 0 Å². The molecule has 2 aliphatic rings. The first-order chi connectivity index (χ1) is 9.90. The molecule has 3 N–H and O–H groups in total. The molecule has 0 aromatic heterocycles. The predicted octanol–water partition coefficient (Wildman–Crippen LogP) is 1.81. The molecule has 2 saturated heterocycles. The van der Waals surface area contributed by atoms with Crippen LogP contribution >= 0.6 is 15.9 Å². The van der Waals surface area contributed by atoms with Gasteiger partial charge in [0.2, 0.25) is 10.0 Å². The summed E-state index contributed by atoms with van der Waals surface area (Å²) in [5.41, 5.74) is 7.12. The molecule has 5 nitrogen and oxygen atoms in total. The number of nitrogens with two attached hydrogens (primary N) is 1. The maximum absolute atomic E-state index is 12.7. The van der Waals surface area contributed by atoms with Crippen LogP contribution in [0.4, 0.5) is 0 Å². The molecule has 3 rings (SSSR count). The van der Waals surface area contributed by atoms with Gasteiger partial charge in [-0.3, -0.25) is 0 Å². The third-order valence-electron chi connectivity index (χ3n) is 4.29. The van der Waals surface area contributed by atoms with E-state index in [4.69, 9.17) is 10.5 Å². The van der Waals surface area contributed by atoms with Crippen LogP contribution in [0.15, 0.2) is 21.5 Å². The summed E-state index contributed by atoms with van der Waals surface area (Å²) in [7, 11) is -3.57. The Bertz CT molecular complexity index is 662. The fourth-order valence-corrected chi connectivity index (χ4v) is 5.36. The Hall–Kier alpha value is -0.470. The van der Waals surface area contributed by atoms with Gasteiger partial charge in [-0.05, 0) is 49.4 Å². The second-order valence-corrected chi connectivity index (χ2v) is 8.28. The lowest BCUT2D eigenvalue weighted by Crippen LogP contribution is -2.41. The average molecular weight is 375 g/mol. The van der Waals surface area contributed by atoms with Crippen molar-refractivity contribution in [3.8, 4) is 0 Å². The van der Waals surface area contributed by atoms with Crippen molar-refractivity contribution in [2.75, 3.05) is 0 Å². The van der Waals surface area contributed by atoms with E-state index in [9.17, 15) is 8.42 Å². The average Bonchev–Trinajstić information content (AvgIpc) is 3.03. The van der Waals surface area contributed by atoms with E-state index in [1.54, 1.807) is 13.0 Å². The number of sulfonamides is 1. The molecule has 2 bridgehead atoms. The number of benzene rings is 1. The number of halogens is 1. The van der Waals surface area contributed by atoms with Crippen molar-refractivity contribution in [1.82, 2.24) is 4.72 Å². The van der Waals surface area contributed by atoms with E-state index in [0.717, 1.165) is 29.3 Å². The molecule has 1 aromatic rings. The topological polar surface area (TPSA) is 81.4 Å². The quantitative estimate of drug-likeness (QED) is 0.841. The Morgan fingerprint density at radius 2 is 2.19 bits per heavy atom. The minimum atomic E-state index is -3.57. The molecule has 2 heterocycles. The molecule has 0 spiro atoms. The van der Waals surface area contributed by atoms with Crippen LogP contribution in [-0.4, -0.2) is 26.7 Å². The van der Waals surface area contributed by atoms with Crippen molar-refractivity contribution in [1.29, 1.82) is 0 Å². The molecular formula is C14H19BrN2O3S. The van der Waals surface area contributed by atoms with Crippen LogP contribution in [-0.2, 0) is 21.3 Å². The lowest BCUT2D eigenvalue weighted by atomic mass is 9.96. The van der Waals surface area contributed by atoms with Crippen molar-refractivity contribution in [2.45, 2.75) is 55.9 Å². The van der Waals surface area contributed by atoms with Crippen LogP contribution in [0.25, 0.3) is 0 Å². The number of hydrogen-bond donors (Lipinski definition) is 2. The zero-order chi connectivity index (χ0) is 15.2. The molecule has 1 aromatic carbocycles. The Labute approximate surface area is 133 Å². The first-order valence-electron chi connectivity index (χ1n) is 7.07. The van der Waals surface area contributed by atoms with Crippen LogP contribution in [0.5, 0.6) is 0 Å². The first-order valence-corrected chi connectivity index (χ1v) is 9.35. The second kappa shape index (κ2) is 5.62. The lowest BCUT2D eigenvalue weighted by molar-refractivity contribution is 0.0996. The number of fused-ring (bicyclic) bond motifs is 2. The van der Waals surface area contributed by atoms with E-state index >= 15 is 0 Å². The molecule has 0 aliphatic carbocycles. The molecular weight excluding hydrogens is 356 g/mol. The van der Waals surface area contributed by atoms with Crippen molar-refractivity contribution in [3.05, 3.63) is 27.7 Å². The Kier molecular flexibility index (Phi) is 4.13. The zero-order valence-electron chi connectivity index (χ0n) is 11.8. The molecule has 2 fully saturated rings. The van der Waals surface area contributed by atoms with E-state index in [2.05, 4.69) is 20.7 Å². The summed E-state index contributed by atoms with van der Waals surface area (Å²) in [5, 5.41) is 0. The van der Waals surface area contributed by atoms with Gasteiger partial charge in [0.05, 0.1) is 23.1 Å². The molecule has 21 heavy (non-hydrogen) atoms. The Balaban J connectivity index is 1.89. The third-order valence-corrected chi connectivity index (χ3v) is 6.73. The van der Waals surface area contributed by atoms with Gasteiger partial charge in [-0.15, -0.1) is 0 Å². The summed E-state index contributed by atoms with van der Waals surface area (Å²) in [6, 6.07) is 3.39. The maximum Gasteiger partial charge on any atom is 0.241 e. The van der Waals surface area contributed by atoms with Gasteiger partial charge in [-0.25, -0.2) is 13.1 Å². The lowest BCUT2D eigenvalue weighted by Gasteiger charge is -2.21. The maximum atomic E-state index is 12.7. The highest BCUT2D eigenvalue weighted by Crippen LogP contribution is 2.35. The highest BCUT2D eigenvalue weighted by Gasteiger charge is 2.42. The fourth-order valence-electron chi connectivity index (χ4n) is 3.13. The second-order valence-electron chi connectivity index (χ2n) is 5.74. The summed E-state index contributed by atoms with van der Waals surface area (Å²) in [6.45, 7) is 2.09. The van der Waals surface area contributed by atoms with Crippen LogP contribution in [0, 0.1) is 6.92 Å². The number of rotatable bonds is 4. The number of nitrogens with one attached hydrogen (secondary N) is 1. The Morgan fingerprint density at radius 3 is 2.76 bits per heavy atom. The highest BCUT2D eigenvalue weighted by atomic mass is 79.9. The van der Waals surface area contributed by atoms with Gasteiger partial charge < -0.3 is 10.5 Å². The first kappa shape index (κ1) is 15.4. The smallest absolute Gasteiger partial charge is 0.241 e. The molecule has 0 amide bonds.